The highest BCUT2D eigenvalue weighted by atomic mass is 79.9. The van der Waals surface area contributed by atoms with Crippen LogP contribution < -0.4 is 0 Å². The first kappa shape index (κ1) is 16.1. The maximum atomic E-state index is 6.60. The van der Waals surface area contributed by atoms with E-state index in [1.807, 2.05) is 18.2 Å². The number of hydrogen-bond donors (Lipinski definition) is 0. The lowest BCUT2D eigenvalue weighted by atomic mass is 9.99. The van der Waals surface area contributed by atoms with Crippen molar-refractivity contribution < 1.29 is 0 Å². The molecular weight excluding hydrogens is 399 g/mol. The van der Waals surface area contributed by atoms with Crippen molar-refractivity contribution in [3.8, 4) is 0 Å². The molecular formula is C17H17Br2Cl. The lowest BCUT2D eigenvalue weighted by Crippen LogP contribution is -1.97. The van der Waals surface area contributed by atoms with Crippen LogP contribution in [-0.4, -0.2) is 0 Å². The molecule has 0 aliphatic heterocycles. The molecule has 1 atom stereocenters. The van der Waals surface area contributed by atoms with Crippen LogP contribution in [0.15, 0.2) is 51.4 Å². The van der Waals surface area contributed by atoms with Crippen LogP contribution in [0.5, 0.6) is 0 Å². The van der Waals surface area contributed by atoms with Gasteiger partial charge in [-0.05, 0) is 41.2 Å². The second-order valence-corrected chi connectivity index (χ2v) is 7.57. The number of alkyl halides is 1. The van der Waals surface area contributed by atoms with Gasteiger partial charge in [-0.15, -0.1) is 11.6 Å². The van der Waals surface area contributed by atoms with Crippen LogP contribution in [0.25, 0.3) is 0 Å². The van der Waals surface area contributed by atoms with Crippen LogP contribution in [0.2, 0.25) is 0 Å². The number of rotatable bonds is 4. The molecule has 0 heterocycles. The van der Waals surface area contributed by atoms with E-state index in [2.05, 4.69) is 70.0 Å². The highest BCUT2D eigenvalue weighted by molar-refractivity contribution is 9.11. The molecule has 0 aliphatic rings. The van der Waals surface area contributed by atoms with Crippen molar-refractivity contribution in [2.75, 3.05) is 0 Å². The molecule has 1 unspecified atom stereocenters. The van der Waals surface area contributed by atoms with E-state index < -0.39 is 0 Å². The molecule has 20 heavy (non-hydrogen) atoms. The Hall–Kier alpha value is -0.310. The summed E-state index contributed by atoms with van der Waals surface area (Å²) in [6.45, 7) is 4.47. The first-order chi connectivity index (χ1) is 9.47. The second-order valence-electron chi connectivity index (χ2n) is 5.37. The molecule has 3 heteroatoms. The Morgan fingerprint density at radius 1 is 1.00 bits per heavy atom. The van der Waals surface area contributed by atoms with Gasteiger partial charge in [-0.3, -0.25) is 0 Å². The zero-order valence-electron chi connectivity index (χ0n) is 11.5. The van der Waals surface area contributed by atoms with E-state index in [1.165, 1.54) is 5.56 Å². The fourth-order valence-electron chi connectivity index (χ4n) is 2.18. The van der Waals surface area contributed by atoms with Gasteiger partial charge in [-0.1, -0.05) is 76.0 Å². The zero-order chi connectivity index (χ0) is 14.7. The molecule has 106 valence electrons. The Morgan fingerprint density at radius 2 is 1.65 bits per heavy atom. The molecule has 0 aliphatic carbocycles. The van der Waals surface area contributed by atoms with E-state index in [1.54, 1.807) is 0 Å². The van der Waals surface area contributed by atoms with Gasteiger partial charge < -0.3 is 0 Å². The Balaban J connectivity index is 2.22. The van der Waals surface area contributed by atoms with Crippen molar-refractivity contribution in [2.24, 2.45) is 5.92 Å². The quantitative estimate of drug-likeness (QED) is 0.484. The summed E-state index contributed by atoms with van der Waals surface area (Å²) in [4.78, 5) is 0. The van der Waals surface area contributed by atoms with Crippen LogP contribution in [0.1, 0.15) is 35.9 Å². The summed E-state index contributed by atoms with van der Waals surface area (Å²) >= 11 is 13.6. The smallest absolute Gasteiger partial charge is 0.0846 e. The van der Waals surface area contributed by atoms with Crippen molar-refractivity contribution in [1.29, 1.82) is 0 Å². The molecule has 0 nitrogen and oxygen atoms in total. The van der Waals surface area contributed by atoms with Gasteiger partial charge in [0.2, 0.25) is 0 Å². The topological polar surface area (TPSA) is 0 Å². The van der Waals surface area contributed by atoms with E-state index in [4.69, 9.17) is 11.6 Å². The molecule has 2 aromatic rings. The van der Waals surface area contributed by atoms with E-state index in [0.717, 1.165) is 26.5 Å². The molecule has 2 rings (SSSR count). The van der Waals surface area contributed by atoms with Gasteiger partial charge >= 0.3 is 0 Å². The van der Waals surface area contributed by atoms with Gasteiger partial charge in [-0.2, -0.15) is 0 Å². The highest BCUT2D eigenvalue weighted by Gasteiger charge is 2.14. The Labute approximate surface area is 142 Å². The molecule has 0 saturated heterocycles. The Bertz CT molecular complexity index is 576. The fraction of sp³-hybridized carbons (Fsp3) is 0.294. The highest BCUT2D eigenvalue weighted by Crippen LogP contribution is 2.35. The molecule has 0 saturated carbocycles. The van der Waals surface area contributed by atoms with Gasteiger partial charge in [0, 0.05) is 8.95 Å². The van der Waals surface area contributed by atoms with Crippen LogP contribution >= 0.6 is 43.5 Å². The van der Waals surface area contributed by atoms with E-state index in [9.17, 15) is 0 Å². The van der Waals surface area contributed by atoms with E-state index in [0.29, 0.717) is 5.92 Å². The van der Waals surface area contributed by atoms with Crippen LogP contribution in [0.4, 0.5) is 0 Å². The van der Waals surface area contributed by atoms with E-state index >= 15 is 0 Å². The lowest BCUT2D eigenvalue weighted by Gasteiger charge is -2.14. The van der Waals surface area contributed by atoms with Gasteiger partial charge in [0.1, 0.15) is 0 Å². The van der Waals surface area contributed by atoms with Gasteiger partial charge in [0.15, 0.2) is 0 Å². The summed E-state index contributed by atoms with van der Waals surface area (Å²) in [5.41, 5.74) is 3.58. The molecule has 0 radical (unpaired) electrons. The summed E-state index contributed by atoms with van der Waals surface area (Å²) in [6, 6.07) is 14.7. The standard InChI is InChI=1S/C17H17Br2Cl/c1-11(2)9-12-3-5-13(6-4-12)17(20)15-8-7-14(18)10-16(15)19/h3-8,10-11,17H,9H2,1-2H3. The summed E-state index contributed by atoms with van der Waals surface area (Å²) in [5, 5.41) is -0.134. The van der Waals surface area contributed by atoms with Crippen LogP contribution in [0, 0.1) is 5.92 Å². The lowest BCUT2D eigenvalue weighted by molar-refractivity contribution is 0.647. The monoisotopic (exact) mass is 414 g/mol. The third-order valence-corrected chi connectivity index (χ3v) is 4.82. The zero-order valence-corrected chi connectivity index (χ0v) is 15.5. The number of benzene rings is 2. The molecule has 0 aromatic heterocycles. The van der Waals surface area contributed by atoms with Crippen molar-refractivity contribution in [1.82, 2.24) is 0 Å². The van der Waals surface area contributed by atoms with Gasteiger partial charge in [-0.25, -0.2) is 0 Å². The second kappa shape index (κ2) is 7.11. The average molecular weight is 417 g/mol. The van der Waals surface area contributed by atoms with Crippen molar-refractivity contribution >= 4 is 43.5 Å². The van der Waals surface area contributed by atoms with Gasteiger partial charge in [0.05, 0.1) is 5.38 Å². The molecule has 2 aromatic carbocycles. The Kier molecular flexibility index (Phi) is 5.71. The Morgan fingerprint density at radius 3 is 2.20 bits per heavy atom. The van der Waals surface area contributed by atoms with Crippen molar-refractivity contribution in [3.63, 3.8) is 0 Å². The number of halogens is 3. The van der Waals surface area contributed by atoms with Crippen LogP contribution in [0.3, 0.4) is 0 Å². The molecule has 0 bridgehead atoms. The van der Waals surface area contributed by atoms with Crippen molar-refractivity contribution in [3.05, 3.63) is 68.1 Å². The molecule has 0 spiro atoms. The number of hydrogen-bond acceptors (Lipinski definition) is 0. The summed E-state index contributed by atoms with van der Waals surface area (Å²) < 4.78 is 2.07. The normalized spacial score (nSPS) is 12.7. The summed E-state index contributed by atoms with van der Waals surface area (Å²) in [7, 11) is 0. The SMILES string of the molecule is CC(C)Cc1ccc(C(Cl)c2ccc(Br)cc2Br)cc1. The average Bonchev–Trinajstić information content (AvgIpc) is 2.38. The maximum Gasteiger partial charge on any atom is 0.0846 e. The maximum absolute atomic E-state index is 6.60. The van der Waals surface area contributed by atoms with Crippen molar-refractivity contribution in [2.45, 2.75) is 25.6 Å². The third-order valence-electron chi connectivity index (χ3n) is 3.15. The summed E-state index contributed by atoms with van der Waals surface area (Å²) in [5.74, 6) is 0.674. The summed E-state index contributed by atoms with van der Waals surface area (Å²) in [6.07, 6.45) is 1.11. The minimum absolute atomic E-state index is 0.134. The first-order valence-corrected chi connectivity index (χ1v) is 8.67. The fourth-order valence-corrected chi connectivity index (χ4v) is 3.92. The largest absolute Gasteiger partial charge is 0.113 e. The molecule has 0 N–H and O–H groups in total. The predicted octanol–water partition coefficient (Wildman–Crippen LogP) is 6.74. The minimum atomic E-state index is -0.134. The molecule has 0 amide bonds. The van der Waals surface area contributed by atoms with E-state index in [-0.39, 0.29) is 5.38 Å². The third kappa shape index (κ3) is 4.09. The first-order valence-electron chi connectivity index (χ1n) is 6.65. The predicted molar refractivity (Wildman–Crippen MR) is 94.5 cm³/mol. The minimum Gasteiger partial charge on any atom is -0.113 e. The van der Waals surface area contributed by atoms with Crippen LogP contribution in [-0.2, 0) is 6.42 Å². The van der Waals surface area contributed by atoms with Gasteiger partial charge in [0.25, 0.3) is 0 Å². The molecule has 0 fully saturated rings.